The van der Waals surface area contributed by atoms with Crippen LogP contribution < -0.4 is 0 Å². The lowest BCUT2D eigenvalue weighted by atomic mass is 10.2. The first kappa shape index (κ1) is 13.2. The molecule has 64 valence electrons. The summed E-state index contributed by atoms with van der Waals surface area (Å²) in [4.78, 5) is 0. The van der Waals surface area contributed by atoms with Crippen molar-refractivity contribution in [1.29, 1.82) is 0 Å². The molecule has 0 fully saturated rings. The highest BCUT2D eigenvalue weighted by atomic mass is 32.1. The van der Waals surface area contributed by atoms with Gasteiger partial charge in [0.25, 0.3) is 0 Å². The minimum atomic E-state index is 0.774. The van der Waals surface area contributed by atoms with E-state index in [2.05, 4.69) is 19.2 Å². The lowest BCUT2D eigenvalue weighted by Crippen LogP contribution is -1.75. The molecule has 0 rings (SSSR count). The van der Waals surface area contributed by atoms with E-state index in [4.69, 9.17) is 0 Å². The molecule has 11 heavy (non-hydrogen) atoms. The van der Waals surface area contributed by atoms with Crippen LogP contribution >= 0.6 is 12.6 Å². The Morgan fingerprint density at radius 2 is 2.00 bits per heavy atom. The third-order valence-electron chi connectivity index (χ3n) is 0.895. The summed E-state index contributed by atoms with van der Waals surface area (Å²) in [5.41, 5.74) is 1.19. The predicted octanol–water partition coefficient (Wildman–Crippen LogP) is 3.63. The molecule has 0 amide bonds. The number of allylic oxidation sites excluding steroid dienone is 4. The summed E-state index contributed by atoms with van der Waals surface area (Å²) in [6.45, 7) is 9.57. The molecule has 0 bridgehead atoms. The molecule has 0 atom stereocenters. The molecule has 0 N–H and O–H groups in total. The van der Waals surface area contributed by atoms with Crippen LogP contribution in [0.4, 0.5) is 0 Å². The summed E-state index contributed by atoms with van der Waals surface area (Å²) in [6, 6.07) is 0. The molecule has 0 aliphatic heterocycles. The third kappa shape index (κ3) is 9.57. The molecule has 0 unspecified atom stereocenters. The van der Waals surface area contributed by atoms with Gasteiger partial charge in [-0.2, -0.15) is 12.6 Å². The molecule has 1 heteroatoms. The number of hydrogen-bond acceptors (Lipinski definition) is 1. The Morgan fingerprint density at radius 3 is 2.27 bits per heavy atom. The molecule has 0 aliphatic carbocycles. The van der Waals surface area contributed by atoms with Gasteiger partial charge in [0.05, 0.1) is 0 Å². The summed E-state index contributed by atoms with van der Waals surface area (Å²) in [5.74, 6) is 0.774. The Bertz CT molecular complexity index is 132. The van der Waals surface area contributed by atoms with E-state index in [0.717, 1.165) is 5.75 Å². The van der Waals surface area contributed by atoms with E-state index in [-0.39, 0.29) is 0 Å². The standard InChI is InChI=1S/C8H12S.C2H6/c1-3-5-8(7-9)6-4-2;1-2/h3-6,9H,1,7H2,2H3;1-2H3/b6-4-,8-5+;. The highest BCUT2D eigenvalue weighted by Gasteiger charge is 1.81. The fourth-order valence-corrected chi connectivity index (χ4v) is 0.737. The molecule has 0 spiro atoms. The van der Waals surface area contributed by atoms with Crippen LogP contribution in [0.15, 0.2) is 36.5 Å². The Labute approximate surface area is 76.1 Å². The number of rotatable bonds is 3. The summed E-state index contributed by atoms with van der Waals surface area (Å²) < 4.78 is 0. The molecule has 0 saturated carbocycles. The zero-order valence-corrected chi connectivity index (χ0v) is 8.57. The van der Waals surface area contributed by atoms with Gasteiger partial charge in [0.15, 0.2) is 0 Å². The molecule has 0 aromatic heterocycles. The molecule has 0 aromatic rings. The number of hydrogen-bond donors (Lipinski definition) is 1. The Hall–Kier alpha value is -0.430. The molecule has 0 aromatic carbocycles. The van der Waals surface area contributed by atoms with Gasteiger partial charge >= 0.3 is 0 Å². The molecule has 0 radical (unpaired) electrons. The minimum absolute atomic E-state index is 0.774. The van der Waals surface area contributed by atoms with Gasteiger partial charge in [-0.05, 0) is 12.5 Å². The van der Waals surface area contributed by atoms with Gasteiger partial charge in [-0.25, -0.2) is 0 Å². The van der Waals surface area contributed by atoms with Crippen molar-refractivity contribution < 1.29 is 0 Å². The average Bonchev–Trinajstić information content (AvgIpc) is 2.08. The van der Waals surface area contributed by atoms with Gasteiger partial charge in [0.2, 0.25) is 0 Å². The largest absolute Gasteiger partial charge is 0.175 e. The van der Waals surface area contributed by atoms with Crippen LogP contribution in [-0.4, -0.2) is 5.75 Å². The van der Waals surface area contributed by atoms with Crippen molar-refractivity contribution in [3.8, 4) is 0 Å². The Kier molecular flexibility index (Phi) is 14.7. The van der Waals surface area contributed by atoms with Gasteiger partial charge in [-0.1, -0.05) is 44.7 Å². The van der Waals surface area contributed by atoms with Crippen molar-refractivity contribution in [1.82, 2.24) is 0 Å². The van der Waals surface area contributed by atoms with Crippen LogP contribution in [0.5, 0.6) is 0 Å². The van der Waals surface area contributed by atoms with E-state index in [1.54, 1.807) is 6.08 Å². The maximum absolute atomic E-state index is 4.12. The normalized spacial score (nSPS) is 10.7. The molecule has 0 aliphatic rings. The summed E-state index contributed by atoms with van der Waals surface area (Å²) >= 11 is 4.12. The molecule has 0 heterocycles. The minimum Gasteiger partial charge on any atom is -0.175 e. The lowest BCUT2D eigenvalue weighted by molar-refractivity contribution is 1.50. The monoisotopic (exact) mass is 170 g/mol. The zero-order chi connectivity index (χ0) is 9.11. The Balaban J connectivity index is 0. The second-order valence-electron chi connectivity index (χ2n) is 1.64. The fraction of sp³-hybridized carbons (Fsp3) is 0.400. The van der Waals surface area contributed by atoms with Crippen molar-refractivity contribution in [2.75, 3.05) is 5.75 Å². The van der Waals surface area contributed by atoms with E-state index >= 15 is 0 Å². The SMILES string of the molecule is C=C/C=C(\C=C/C)CS.CC. The van der Waals surface area contributed by atoms with Gasteiger partial charge in [0.1, 0.15) is 0 Å². The summed E-state index contributed by atoms with van der Waals surface area (Å²) in [6.07, 6.45) is 7.73. The highest BCUT2D eigenvalue weighted by molar-refractivity contribution is 7.80. The van der Waals surface area contributed by atoms with Gasteiger partial charge in [-0.3, -0.25) is 0 Å². The second kappa shape index (κ2) is 12.3. The van der Waals surface area contributed by atoms with E-state index < -0.39 is 0 Å². The first-order valence-electron chi connectivity index (χ1n) is 3.90. The number of thiol groups is 1. The highest BCUT2D eigenvalue weighted by Crippen LogP contribution is 1.98. The fourth-order valence-electron chi connectivity index (χ4n) is 0.526. The Morgan fingerprint density at radius 1 is 1.45 bits per heavy atom. The molecular formula is C10H18S. The quantitative estimate of drug-likeness (QED) is 0.485. The third-order valence-corrected chi connectivity index (χ3v) is 1.26. The van der Waals surface area contributed by atoms with Crippen LogP contribution in [0.2, 0.25) is 0 Å². The van der Waals surface area contributed by atoms with Crippen LogP contribution in [0.3, 0.4) is 0 Å². The summed E-state index contributed by atoms with van der Waals surface area (Å²) in [7, 11) is 0. The molecular weight excluding hydrogens is 152 g/mol. The molecule has 0 nitrogen and oxygen atoms in total. The van der Waals surface area contributed by atoms with Crippen molar-refractivity contribution in [2.24, 2.45) is 0 Å². The van der Waals surface area contributed by atoms with Crippen LogP contribution in [0.25, 0.3) is 0 Å². The molecule has 0 saturated heterocycles. The van der Waals surface area contributed by atoms with Crippen LogP contribution in [-0.2, 0) is 0 Å². The van der Waals surface area contributed by atoms with E-state index in [1.807, 2.05) is 39.0 Å². The first-order chi connectivity index (χ1) is 5.35. The lowest BCUT2D eigenvalue weighted by Gasteiger charge is -1.90. The average molecular weight is 170 g/mol. The van der Waals surface area contributed by atoms with Gasteiger partial charge in [-0.15, -0.1) is 0 Å². The van der Waals surface area contributed by atoms with E-state index in [1.165, 1.54) is 5.57 Å². The van der Waals surface area contributed by atoms with Crippen molar-refractivity contribution >= 4 is 12.6 Å². The summed E-state index contributed by atoms with van der Waals surface area (Å²) in [5, 5.41) is 0. The van der Waals surface area contributed by atoms with E-state index in [0.29, 0.717) is 0 Å². The van der Waals surface area contributed by atoms with Gasteiger partial charge < -0.3 is 0 Å². The first-order valence-corrected chi connectivity index (χ1v) is 4.53. The van der Waals surface area contributed by atoms with Crippen LogP contribution in [0.1, 0.15) is 20.8 Å². The second-order valence-corrected chi connectivity index (χ2v) is 1.95. The maximum atomic E-state index is 4.12. The van der Waals surface area contributed by atoms with Crippen molar-refractivity contribution in [2.45, 2.75) is 20.8 Å². The van der Waals surface area contributed by atoms with Crippen molar-refractivity contribution in [3.63, 3.8) is 0 Å². The zero-order valence-electron chi connectivity index (χ0n) is 7.67. The van der Waals surface area contributed by atoms with E-state index in [9.17, 15) is 0 Å². The van der Waals surface area contributed by atoms with Gasteiger partial charge in [0, 0.05) is 5.75 Å². The maximum Gasteiger partial charge on any atom is 0.0154 e. The van der Waals surface area contributed by atoms with Crippen LogP contribution in [0, 0.1) is 0 Å². The topological polar surface area (TPSA) is 0 Å². The van der Waals surface area contributed by atoms with Crippen molar-refractivity contribution in [3.05, 3.63) is 36.5 Å². The predicted molar refractivity (Wildman–Crippen MR) is 58.3 cm³/mol. The smallest absolute Gasteiger partial charge is 0.0154 e.